The van der Waals surface area contributed by atoms with Crippen molar-refractivity contribution in [1.29, 1.82) is 0 Å². The van der Waals surface area contributed by atoms with Crippen LogP contribution in [0.5, 0.6) is 0 Å². The number of benzene rings is 1. The van der Waals surface area contributed by atoms with Crippen molar-refractivity contribution in [3.05, 3.63) is 83.1 Å². The Hall–Kier alpha value is -2.41. The highest BCUT2D eigenvalue weighted by atomic mass is 14.7. The molecule has 0 spiro atoms. The SMILES string of the molecule is C=C(C)CCCCc1cc2c(nc1-c1ccccc1)CCC(C(=C)C)=C2. The van der Waals surface area contributed by atoms with Crippen LogP contribution in [-0.2, 0) is 12.8 Å². The lowest BCUT2D eigenvalue weighted by molar-refractivity contribution is 0.728. The Balaban J connectivity index is 1.95. The fourth-order valence-corrected chi connectivity index (χ4v) is 3.56. The van der Waals surface area contributed by atoms with E-state index in [9.17, 15) is 0 Å². The second-order valence-corrected chi connectivity index (χ2v) is 7.51. The van der Waals surface area contributed by atoms with Crippen LogP contribution in [0.2, 0.25) is 0 Å². The molecule has 134 valence electrons. The largest absolute Gasteiger partial charge is 0.252 e. The van der Waals surface area contributed by atoms with E-state index in [1.807, 2.05) is 0 Å². The summed E-state index contributed by atoms with van der Waals surface area (Å²) in [5.41, 5.74) is 10.0. The molecule has 1 aromatic carbocycles. The molecule has 1 heteroatoms. The zero-order chi connectivity index (χ0) is 18.5. The van der Waals surface area contributed by atoms with E-state index in [1.165, 1.54) is 51.9 Å². The molecular weight excluding hydrogens is 314 g/mol. The summed E-state index contributed by atoms with van der Waals surface area (Å²) in [5, 5.41) is 0. The van der Waals surface area contributed by atoms with Crippen LogP contribution in [0.3, 0.4) is 0 Å². The highest BCUT2D eigenvalue weighted by Gasteiger charge is 2.16. The summed E-state index contributed by atoms with van der Waals surface area (Å²) < 4.78 is 0. The molecule has 0 bridgehead atoms. The molecule has 0 saturated carbocycles. The van der Waals surface area contributed by atoms with E-state index in [0.717, 1.165) is 31.4 Å². The van der Waals surface area contributed by atoms with E-state index < -0.39 is 0 Å². The monoisotopic (exact) mass is 343 g/mol. The van der Waals surface area contributed by atoms with Gasteiger partial charge in [0, 0.05) is 11.3 Å². The lowest BCUT2D eigenvalue weighted by Crippen LogP contribution is -2.06. The molecule has 26 heavy (non-hydrogen) atoms. The van der Waals surface area contributed by atoms with Crippen LogP contribution in [0, 0.1) is 0 Å². The summed E-state index contributed by atoms with van der Waals surface area (Å²) in [5.74, 6) is 0. The van der Waals surface area contributed by atoms with Crippen LogP contribution >= 0.6 is 0 Å². The zero-order valence-electron chi connectivity index (χ0n) is 16.1. The van der Waals surface area contributed by atoms with E-state index in [2.05, 4.69) is 69.5 Å². The van der Waals surface area contributed by atoms with Gasteiger partial charge < -0.3 is 0 Å². The first kappa shape index (κ1) is 18.4. The normalized spacial score (nSPS) is 13.1. The summed E-state index contributed by atoms with van der Waals surface area (Å²) >= 11 is 0. The highest BCUT2D eigenvalue weighted by Crippen LogP contribution is 2.32. The third-order valence-corrected chi connectivity index (χ3v) is 5.07. The van der Waals surface area contributed by atoms with Crippen molar-refractivity contribution >= 4 is 6.08 Å². The van der Waals surface area contributed by atoms with E-state index in [4.69, 9.17) is 4.98 Å². The van der Waals surface area contributed by atoms with Gasteiger partial charge in [-0.05, 0) is 81.2 Å². The summed E-state index contributed by atoms with van der Waals surface area (Å²) in [7, 11) is 0. The number of allylic oxidation sites excluding steroid dienone is 3. The molecule has 0 fully saturated rings. The average molecular weight is 344 g/mol. The Morgan fingerprint density at radius 1 is 1.04 bits per heavy atom. The molecule has 1 aromatic heterocycles. The first-order valence-electron chi connectivity index (χ1n) is 9.63. The molecular formula is C25H29N. The summed E-state index contributed by atoms with van der Waals surface area (Å²) in [6.07, 6.45) is 8.87. The minimum atomic E-state index is 1.00. The van der Waals surface area contributed by atoms with Crippen molar-refractivity contribution in [3.63, 3.8) is 0 Å². The molecule has 0 radical (unpaired) electrons. The Labute approximate surface area is 158 Å². The summed E-state index contributed by atoms with van der Waals surface area (Å²) in [4.78, 5) is 5.10. The van der Waals surface area contributed by atoms with Crippen LogP contribution in [0.1, 0.15) is 56.4 Å². The van der Waals surface area contributed by atoms with Crippen LogP contribution < -0.4 is 0 Å². The maximum absolute atomic E-state index is 5.10. The quantitative estimate of drug-likeness (QED) is 0.392. The minimum absolute atomic E-state index is 1.00. The van der Waals surface area contributed by atoms with Gasteiger partial charge in [-0.3, -0.25) is 4.98 Å². The molecule has 1 aliphatic carbocycles. The molecule has 2 aromatic rings. The molecule has 0 N–H and O–H groups in total. The molecule has 0 unspecified atom stereocenters. The number of aromatic nitrogens is 1. The van der Waals surface area contributed by atoms with Crippen molar-refractivity contribution in [3.8, 4) is 11.3 Å². The van der Waals surface area contributed by atoms with E-state index in [1.54, 1.807) is 0 Å². The second-order valence-electron chi connectivity index (χ2n) is 7.51. The topological polar surface area (TPSA) is 12.9 Å². The third-order valence-electron chi connectivity index (χ3n) is 5.07. The summed E-state index contributed by atoms with van der Waals surface area (Å²) in [6.45, 7) is 12.3. The smallest absolute Gasteiger partial charge is 0.0737 e. The van der Waals surface area contributed by atoms with Gasteiger partial charge in [0.1, 0.15) is 0 Å². The molecule has 0 atom stereocenters. The van der Waals surface area contributed by atoms with Crippen molar-refractivity contribution in [2.45, 2.75) is 52.4 Å². The van der Waals surface area contributed by atoms with Crippen LogP contribution in [-0.4, -0.2) is 4.98 Å². The maximum Gasteiger partial charge on any atom is 0.0737 e. The molecule has 1 nitrogen and oxygen atoms in total. The lowest BCUT2D eigenvalue weighted by Gasteiger charge is -2.19. The predicted octanol–water partition coefficient (Wildman–Crippen LogP) is 6.94. The van der Waals surface area contributed by atoms with Gasteiger partial charge in [0.05, 0.1) is 5.69 Å². The van der Waals surface area contributed by atoms with Crippen molar-refractivity contribution in [2.75, 3.05) is 0 Å². The standard InChI is InChI=1S/C25H29N/c1-18(2)10-8-9-13-22-17-23-16-21(19(3)4)14-15-24(23)26-25(22)20-11-6-5-7-12-20/h5-7,11-12,16-17H,1,3,8-10,13-15H2,2,4H3. The number of hydrogen-bond acceptors (Lipinski definition) is 1. The van der Waals surface area contributed by atoms with Crippen molar-refractivity contribution in [1.82, 2.24) is 4.98 Å². The number of hydrogen-bond donors (Lipinski definition) is 0. The maximum atomic E-state index is 5.10. The Kier molecular flexibility index (Phi) is 5.88. The van der Waals surface area contributed by atoms with Gasteiger partial charge in [0.25, 0.3) is 0 Å². The first-order chi connectivity index (χ1) is 12.5. The van der Waals surface area contributed by atoms with Gasteiger partial charge in [-0.25, -0.2) is 0 Å². The molecule has 1 heterocycles. The number of nitrogens with zero attached hydrogens (tertiary/aromatic N) is 1. The Morgan fingerprint density at radius 2 is 1.81 bits per heavy atom. The Bertz CT molecular complexity index is 840. The van der Waals surface area contributed by atoms with Crippen LogP contribution in [0.15, 0.2) is 66.3 Å². The highest BCUT2D eigenvalue weighted by molar-refractivity contribution is 5.69. The van der Waals surface area contributed by atoms with Gasteiger partial charge in [-0.15, -0.1) is 6.58 Å². The molecule has 3 rings (SSSR count). The second kappa shape index (κ2) is 8.31. The van der Waals surface area contributed by atoms with Gasteiger partial charge in [-0.1, -0.05) is 48.1 Å². The van der Waals surface area contributed by atoms with Gasteiger partial charge in [0.15, 0.2) is 0 Å². The van der Waals surface area contributed by atoms with Gasteiger partial charge in [-0.2, -0.15) is 0 Å². The number of pyridine rings is 1. The zero-order valence-corrected chi connectivity index (χ0v) is 16.1. The van der Waals surface area contributed by atoms with E-state index >= 15 is 0 Å². The number of unbranched alkanes of at least 4 members (excludes halogenated alkanes) is 1. The van der Waals surface area contributed by atoms with Gasteiger partial charge >= 0.3 is 0 Å². The molecule has 0 aliphatic heterocycles. The van der Waals surface area contributed by atoms with Crippen LogP contribution in [0.4, 0.5) is 0 Å². The van der Waals surface area contributed by atoms with Crippen molar-refractivity contribution < 1.29 is 0 Å². The van der Waals surface area contributed by atoms with Crippen molar-refractivity contribution in [2.24, 2.45) is 0 Å². The third kappa shape index (κ3) is 4.40. The predicted molar refractivity (Wildman–Crippen MR) is 113 cm³/mol. The molecule has 0 saturated heterocycles. The van der Waals surface area contributed by atoms with Crippen LogP contribution in [0.25, 0.3) is 17.3 Å². The summed E-state index contributed by atoms with van der Waals surface area (Å²) in [6, 6.07) is 13.0. The average Bonchev–Trinajstić information content (AvgIpc) is 2.64. The Morgan fingerprint density at radius 3 is 2.50 bits per heavy atom. The minimum Gasteiger partial charge on any atom is -0.252 e. The van der Waals surface area contributed by atoms with Gasteiger partial charge in [0.2, 0.25) is 0 Å². The number of rotatable bonds is 7. The fraction of sp³-hybridized carbons (Fsp3) is 0.320. The molecule has 1 aliphatic rings. The lowest BCUT2D eigenvalue weighted by atomic mass is 9.89. The van der Waals surface area contributed by atoms with E-state index in [-0.39, 0.29) is 0 Å². The number of aryl methyl sites for hydroxylation is 2. The fourth-order valence-electron chi connectivity index (χ4n) is 3.56. The van der Waals surface area contributed by atoms with E-state index in [0.29, 0.717) is 0 Å². The number of fused-ring (bicyclic) bond motifs is 1. The first-order valence-corrected chi connectivity index (χ1v) is 9.63. The molecule has 0 amide bonds.